The number of aromatic hydroxyl groups is 1. The molecule has 4 aromatic rings. The minimum Gasteiger partial charge on any atom is -0.508 e. The molecule has 0 amide bonds. The van der Waals surface area contributed by atoms with E-state index in [1.165, 1.54) is 0 Å². The standard InChI is InChI=1S/C16H13N5OS/c1-20-14-8-13-10(9-17-21(13)2)7-15(14)23-16(20)19-18-11-3-5-12(22)6-4-11/h3-9H,1-2H3/p+1. The molecule has 0 saturated heterocycles. The summed E-state index contributed by atoms with van der Waals surface area (Å²) in [6.45, 7) is 0. The Hall–Kier alpha value is -2.80. The second kappa shape index (κ2) is 5.13. The zero-order valence-electron chi connectivity index (χ0n) is 12.6. The Morgan fingerprint density at radius 3 is 2.74 bits per heavy atom. The van der Waals surface area contributed by atoms with E-state index in [0.717, 1.165) is 26.3 Å². The minimum atomic E-state index is 0.219. The minimum absolute atomic E-state index is 0.219. The molecule has 0 aliphatic rings. The van der Waals surface area contributed by atoms with Gasteiger partial charge in [-0.1, -0.05) is 0 Å². The zero-order valence-corrected chi connectivity index (χ0v) is 13.4. The predicted molar refractivity (Wildman–Crippen MR) is 89.6 cm³/mol. The Morgan fingerprint density at radius 2 is 1.96 bits per heavy atom. The van der Waals surface area contributed by atoms with E-state index in [-0.39, 0.29) is 5.75 Å². The van der Waals surface area contributed by atoms with Gasteiger partial charge < -0.3 is 5.11 Å². The number of hydrogen-bond donors (Lipinski definition) is 1. The maximum absolute atomic E-state index is 9.29. The highest BCUT2D eigenvalue weighted by atomic mass is 32.1. The maximum atomic E-state index is 9.29. The van der Waals surface area contributed by atoms with E-state index in [1.54, 1.807) is 35.6 Å². The number of phenolic OH excluding ortho intramolecular Hbond substituents is 1. The van der Waals surface area contributed by atoms with Gasteiger partial charge in [0.25, 0.3) is 0 Å². The largest absolute Gasteiger partial charge is 0.508 e. The number of phenols is 1. The van der Waals surface area contributed by atoms with Crippen LogP contribution >= 0.6 is 11.3 Å². The van der Waals surface area contributed by atoms with Gasteiger partial charge in [0, 0.05) is 18.5 Å². The van der Waals surface area contributed by atoms with Gasteiger partial charge >= 0.3 is 5.13 Å². The molecule has 2 aromatic carbocycles. The van der Waals surface area contributed by atoms with Crippen LogP contribution in [0.3, 0.4) is 0 Å². The summed E-state index contributed by atoms with van der Waals surface area (Å²) in [5, 5.41) is 24.1. The topological polar surface area (TPSA) is 66.6 Å². The smallest absolute Gasteiger partial charge is 0.409 e. The molecule has 23 heavy (non-hydrogen) atoms. The number of fused-ring (bicyclic) bond motifs is 2. The number of benzene rings is 2. The highest BCUT2D eigenvalue weighted by Crippen LogP contribution is 2.30. The van der Waals surface area contributed by atoms with Crippen LogP contribution in [0.15, 0.2) is 52.8 Å². The number of thiazole rings is 1. The van der Waals surface area contributed by atoms with E-state index in [2.05, 4.69) is 27.5 Å². The molecule has 0 unspecified atom stereocenters. The Bertz CT molecular complexity index is 1050. The maximum Gasteiger partial charge on any atom is 0.409 e. The van der Waals surface area contributed by atoms with Crippen LogP contribution in [0.2, 0.25) is 0 Å². The van der Waals surface area contributed by atoms with E-state index in [1.807, 2.05) is 29.5 Å². The van der Waals surface area contributed by atoms with Gasteiger partial charge in [0.15, 0.2) is 0 Å². The monoisotopic (exact) mass is 324 g/mol. The van der Waals surface area contributed by atoms with Crippen LogP contribution in [0.25, 0.3) is 21.1 Å². The van der Waals surface area contributed by atoms with Crippen LogP contribution in [0.4, 0.5) is 10.8 Å². The average molecular weight is 324 g/mol. The van der Waals surface area contributed by atoms with Crippen LogP contribution in [0.1, 0.15) is 0 Å². The SMILES string of the molecule is Cn1ncc2cc3sc(N=Nc4ccc(O)cc4)[n+](C)c3cc21. The first-order valence-electron chi connectivity index (χ1n) is 7.07. The normalized spacial score (nSPS) is 11.9. The van der Waals surface area contributed by atoms with Crippen molar-refractivity contribution in [3.63, 3.8) is 0 Å². The molecule has 0 atom stereocenters. The van der Waals surface area contributed by atoms with Gasteiger partial charge in [-0.05, 0) is 46.8 Å². The van der Waals surface area contributed by atoms with Crippen LogP contribution in [0, 0.1) is 0 Å². The summed E-state index contributed by atoms with van der Waals surface area (Å²) in [6.07, 6.45) is 1.87. The molecule has 7 heteroatoms. The molecule has 0 bridgehead atoms. The predicted octanol–water partition coefficient (Wildman–Crippen LogP) is 3.73. The van der Waals surface area contributed by atoms with Crippen LogP contribution < -0.4 is 4.57 Å². The van der Waals surface area contributed by atoms with Crippen molar-refractivity contribution in [1.82, 2.24) is 9.78 Å². The van der Waals surface area contributed by atoms with Gasteiger partial charge in [-0.2, -0.15) is 5.10 Å². The van der Waals surface area contributed by atoms with Crippen molar-refractivity contribution in [2.45, 2.75) is 0 Å². The molecule has 114 valence electrons. The van der Waals surface area contributed by atoms with Crippen molar-refractivity contribution < 1.29 is 9.67 Å². The summed E-state index contributed by atoms with van der Waals surface area (Å²) in [6, 6.07) is 10.9. The molecule has 1 N–H and O–H groups in total. The van der Waals surface area contributed by atoms with Gasteiger partial charge in [0.05, 0.1) is 28.6 Å². The summed E-state index contributed by atoms with van der Waals surface area (Å²) in [5.74, 6) is 0.219. The average Bonchev–Trinajstić information content (AvgIpc) is 3.06. The quantitative estimate of drug-likeness (QED) is 0.451. The summed E-state index contributed by atoms with van der Waals surface area (Å²) < 4.78 is 5.04. The first kappa shape index (κ1) is 13.8. The Labute approximate surface area is 135 Å². The summed E-state index contributed by atoms with van der Waals surface area (Å²) in [7, 11) is 3.91. The highest BCUT2D eigenvalue weighted by Gasteiger charge is 2.17. The molecular weight excluding hydrogens is 310 g/mol. The number of aryl methyl sites for hydroxylation is 2. The number of aromatic nitrogens is 3. The molecular formula is C16H14N5OS+. The Morgan fingerprint density at radius 1 is 1.17 bits per heavy atom. The number of rotatable bonds is 2. The number of hydrogen-bond acceptors (Lipinski definition) is 5. The van der Waals surface area contributed by atoms with Crippen LogP contribution in [-0.4, -0.2) is 14.9 Å². The molecule has 0 aliphatic carbocycles. The fourth-order valence-corrected chi connectivity index (χ4v) is 3.49. The number of azo groups is 1. The molecule has 2 aromatic heterocycles. The lowest BCUT2D eigenvalue weighted by Gasteiger charge is -1.94. The fraction of sp³-hybridized carbons (Fsp3) is 0.125. The van der Waals surface area contributed by atoms with Gasteiger partial charge in [0.2, 0.25) is 0 Å². The third kappa shape index (κ3) is 2.35. The second-order valence-corrected chi connectivity index (χ2v) is 6.32. The zero-order chi connectivity index (χ0) is 16.0. The third-order valence-corrected chi connectivity index (χ3v) is 4.86. The summed E-state index contributed by atoms with van der Waals surface area (Å²) in [4.78, 5) is 0. The Balaban J connectivity index is 1.79. The van der Waals surface area contributed by atoms with E-state index in [9.17, 15) is 5.11 Å². The van der Waals surface area contributed by atoms with Gasteiger partial charge in [-0.3, -0.25) is 4.68 Å². The number of nitrogens with zero attached hydrogens (tertiary/aromatic N) is 5. The van der Waals surface area contributed by atoms with Crippen LogP contribution in [-0.2, 0) is 14.1 Å². The first-order chi connectivity index (χ1) is 11.1. The van der Waals surface area contributed by atoms with E-state index in [4.69, 9.17) is 0 Å². The molecule has 0 fully saturated rings. The van der Waals surface area contributed by atoms with Crippen molar-refractivity contribution in [3.05, 3.63) is 42.6 Å². The van der Waals surface area contributed by atoms with Gasteiger partial charge in [-0.15, -0.1) is 0 Å². The van der Waals surface area contributed by atoms with Crippen molar-refractivity contribution >= 4 is 43.3 Å². The molecule has 4 rings (SSSR count). The summed E-state index contributed by atoms with van der Waals surface area (Å²) in [5.41, 5.74) is 2.90. The molecule has 2 heterocycles. The van der Waals surface area contributed by atoms with Crippen molar-refractivity contribution in [2.75, 3.05) is 0 Å². The van der Waals surface area contributed by atoms with Gasteiger partial charge in [0.1, 0.15) is 17.0 Å². The molecule has 6 nitrogen and oxygen atoms in total. The lowest BCUT2D eigenvalue weighted by Crippen LogP contribution is -2.25. The van der Waals surface area contributed by atoms with Crippen molar-refractivity contribution in [1.29, 1.82) is 0 Å². The van der Waals surface area contributed by atoms with E-state index >= 15 is 0 Å². The van der Waals surface area contributed by atoms with Crippen molar-refractivity contribution in [3.8, 4) is 5.75 Å². The second-order valence-electron chi connectivity index (χ2n) is 5.31. The van der Waals surface area contributed by atoms with Gasteiger partial charge in [-0.25, -0.2) is 4.57 Å². The lowest BCUT2D eigenvalue weighted by atomic mass is 10.2. The molecule has 0 spiro atoms. The van der Waals surface area contributed by atoms with E-state index < -0.39 is 0 Å². The van der Waals surface area contributed by atoms with Crippen LogP contribution in [0.5, 0.6) is 5.75 Å². The fourth-order valence-electron chi connectivity index (χ4n) is 2.49. The first-order valence-corrected chi connectivity index (χ1v) is 7.88. The van der Waals surface area contributed by atoms with Crippen molar-refractivity contribution in [2.24, 2.45) is 24.3 Å². The highest BCUT2D eigenvalue weighted by molar-refractivity contribution is 7.21. The molecule has 0 saturated carbocycles. The van der Waals surface area contributed by atoms with E-state index in [0.29, 0.717) is 5.69 Å². The lowest BCUT2D eigenvalue weighted by molar-refractivity contribution is -0.627. The summed E-state index contributed by atoms with van der Waals surface area (Å²) >= 11 is 1.59. The Kier molecular flexibility index (Phi) is 3.09. The molecule has 0 radical (unpaired) electrons. The molecule has 0 aliphatic heterocycles. The third-order valence-electron chi connectivity index (χ3n) is 3.78.